The predicted molar refractivity (Wildman–Crippen MR) is 103 cm³/mol. The highest BCUT2D eigenvalue weighted by atomic mass is 35.5. The van der Waals surface area contributed by atoms with Gasteiger partial charge in [-0.3, -0.25) is 9.59 Å². The maximum atomic E-state index is 12.2. The Bertz CT molecular complexity index is 1210. The summed E-state index contributed by atoms with van der Waals surface area (Å²) in [6, 6.07) is 10.4. The first-order valence-corrected chi connectivity index (χ1v) is 8.82. The Morgan fingerprint density at radius 2 is 1.81 bits per heavy atom. The number of aromatic nitrogens is 1. The van der Waals surface area contributed by atoms with Crippen LogP contribution in [0.25, 0.3) is 12.2 Å². The highest BCUT2D eigenvalue weighted by Gasteiger charge is 2.09. The Morgan fingerprint density at radius 1 is 1.11 bits per heavy atom. The van der Waals surface area contributed by atoms with Gasteiger partial charge in [0, 0.05) is 16.7 Å². The van der Waals surface area contributed by atoms with Gasteiger partial charge in [-0.15, -0.1) is 11.3 Å². The molecule has 0 aliphatic heterocycles. The molecule has 1 aromatic heterocycles. The number of carboxylic acid groups (broad SMARTS) is 1. The molecule has 1 heterocycles. The molecule has 3 N–H and O–H groups in total. The van der Waals surface area contributed by atoms with Crippen molar-refractivity contribution < 1.29 is 19.8 Å². The Labute approximate surface area is 161 Å². The van der Waals surface area contributed by atoms with Crippen molar-refractivity contribution in [2.24, 2.45) is 0 Å². The summed E-state index contributed by atoms with van der Waals surface area (Å²) in [7, 11) is 0. The SMILES string of the molecule is O=C(/C=c1/[nH]c(=O)/c(=C\c2ccc(O)c(C(=O)O)c2)s1)c1ccc(Cl)cc1. The molecule has 0 saturated heterocycles. The Balaban J connectivity index is 1.99. The first kappa shape index (κ1) is 18.6. The molecule has 2 aromatic carbocycles. The number of carbonyl (C=O) groups excluding carboxylic acids is 1. The number of halogens is 1. The molecule has 0 aliphatic carbocycles. The lowest BCUT2D eigenvalue weighted by Crippen LogP contribution is -2.20. The standard InChI is InChI=1S/C19H12ClNO5S/c20-12-4-2-11(3-5-12)15(23)9-17-21-18(24)16(27-17)8-10-1-6-14(22)13(7-10)19(25)26/h1-9,22H,(H,21,24)(H,25,26)/b16-8+,17-9-. The normalized spacial score (nSPS) is 12.3. The van der Waals surface area contributed by atoms with Crippen molar-refractivity contribution >= 4 is 46.8 Å². The zero-order valence-electron chi connectivity index (χ0n) is 13.6. The molecule has 0 atom stereocenters. The molecule has 0 spiro atoms. The number of rotatable bonds is 4. The lowest BCUT2D eigenvalue weighted by Gasteiger charge is -2.00. The van der Waals surface area contributed by atoms with Crippen molar-refractivity contribution in [2.45, 2.75) is 0 Å². The molecule has 0 amide bonds. The number of aromatic hydroxyl groups is 1. The lowest BCUT2D eigenvalue weighted by molar-refractivity contribution is 0.0693. The van der Waals surface area contributed by atoms with Gasteiger partial charge in [-0.25, -0.2) is 4.79 Å². The van der Waals surface area contributed by atoms with Crippen LogP contribution in [0.1, 0.15) is 26.3 Å². The van der Waals surface area contributed by atoms with Crippen LogP contribution in [0.15, 0.2) is 47.3 Å². The van der Waals surface area contributed by atoms with E-state index in [-0.39, 0.29) is 17.1 Å². The average molecular weight is 402 g/mol. The minimum Gasteiger partial charge on any atom is -0.507 e. The minimum atomic E-state index is -1.27. The maximum Gasteiger partial charge on any atom is 0.339 e. The molecule has 136 valence electrons. The number of Topliss-reactive ketones (excluding diaryl/α,β-unsaturated/α-hetero) is 1. The number of carboxylic acids is 1. The van der Waals surface area contributed by atoms with E-state index in [2.05, 4.69) is 4.98 Å². The predicted octanol–water partition coefficient (Wildman–Crippen LogP) is 1.99. The van der Waals surface area contributed by atoms with E-state index in [4.69, 9.17) is 16.7 Å². The molecule has 8 heteroatoms. The summed E-state index contributed by atoms with van der Waals surface area (Å²) in [6.45, 7) is 0. The number of H-pyrrole nitrogens is 1. The number of aromatic amines is 1. The number of benzene rings is 2. The van der Waals surface area contributed by atoms with Crippen molar-refractivity contribution in [1.29, 1.82) is 0 Å². The molecule has 0 fully saturated rings. The second kappa shape index (κ2) is 7.61. The average Bonchev–Trinajstić information content (AvgIpc) is 2.96. The quantitative estimate of drug-likeness (QED) is 0.579. The van der Waals surface area contributed by atoms with Crippen molar-refractivity contribution in [3.8, 4) is 5.75 Å². The topological polar surface area (TPSA) is 107 Å². The minimum absolute atomic E-state index is 0.263. The second-order valence-corrected chi connectivity index (χ2v) is 7.05. The third-order valence-electron chi connectivity index (χ3n) is 3.62. The van der Waals surface area contributed by atoms with Gasteiger partial charge in [-0.05, 0) is 48.0 Å². The lowest BCUT2D eigenvalue weighted by atomic mass is 10.1. The first-order valence-electron chi connectivity index (χ1n) is 7.62. The number of ketones is 1. The van der Waals surface area contributed by atoms with Crippen LogP contribution in [0.3, 0.4) is 0 Å². The summed E-state index contributed by atoms with van der Waals surface area (Å²) in [5.74, 6) is -1.92. The summed E-state index contributed by atoms with van der Waals surface area (Å²) < 4.78 is 0.663. The number of carbonyl (C=O) groups is 2. The van der Waals surface area contributed by atoms with Gasteiger partial charge >= 0.3 is 5.97 Å². The zero-order valence-corrected chi connectivity index (χ0v) is 15.2. The van der Waals surface area contributed by atoms with Crippen molar-refractivity contribution in [1.82, 2.24) is 4.98 Å². The van der Waals surface area contributed by atoms with Crippen LogP contribution in [0.2, 0.25) is 5.02 Å². The third-order valence-corrected chi connectivity index (χ3v) is 4.84. The highest BCUT2D eigenvalue weighted by molar-refractivity contribution is 7.07. The molecule has 27 heavy (non-hydrogen) atoms. The molecule has 0 unspecified atom stereocenters. The fraction of sp³-hybridized carbons (Fsp3) is 0. The summed E-state index contributed by atoms with van der Waals surface area (Å²) in [4.78, 5) is 38.0. The smallest absolute Gasteiger partial charge is 0.339 e. The summed E-state index contributed by atoms with van der Waals surface area (Å²) >= 11 is 6.86. The monoisotopic (exact) mass is 401 g/mol. The maximum absolute atomic E-state index is 12.2. The van der Waals surface area contributed by atoms with E-state index in [1.165, 1.54) is 30.4 Å². The second-order valence-electron chi connectivity index (χ2n) is 5.53. The number of phenols is 1. The molecule has 0 bridgehead atoms. The molecule has 3 rings (SSSR count). The first-order chi connectivity index (χ1) is 12.8. The summed E-state index contributed by atoms with van der Waals surface area (Å²) in [5, 5.41) is 19.1. The van der Waals surface area contributed by atoms with E-state index in [1.807, 2.05) is 0 Å². The Morgan fingerprint density at radius 3 is 2.48 bits per heavy atom. The van der Waals surface area contributed by atoms with E-state index in [1.54, 1.807) is 24.3 Å². The van der Waals surface area contributed by atoms with Crippen LogP contribution in [-0.4, -0.2) is 26.9 Å². The van der Waals surface area contributed by atoms with Gasteiger partial charge < -0.3 is 15.2 Å². The molecule has 0 aliphatic rings. The number of aromatic carboxylic acids is 1. The Kier molecular flexibility index (Phi) is 5.25. The molecule has 0 saturated carbocycles. The van der Waals surface area contributed by atoms with Crippen molar-refractivity contribution in [3.63, 3.8) is 0 Å². The summed E-state index contributed by atoms with van der Waals surface area (Å²) in [6.07, 6.45) is 2.80. The van der Waals surface area contributed by atoms with Gasteiger partial charge in [0.05, 0.1) is 9.20 Å². The summed E-state index contributed by atoms with van der Waals surface area (Å²) in [5.41, 5.74) is 0.207. The van der Waals surface area contributed by atoms with Gasteiger partial charge in [-0.2, -0.15) is 0 Å². The van der Waals surface area contributed by atoms with E-state index in [0.717, 1.165) is 11.3 Å². The van der Waals surface area contributed by atoms with Gasteiger partial charge in [0.1, 0.15) is 11.3 Å². The van der Waals surface area contributed by atoms with E-state index >= 15 is 0 Å². The fourth-order valence-corrected chi connectivity index (χ4v) is 3.32. The molecular weight excluding hydrogens is 390 g/mol. The van der Waals surface area contributed by atoms with Gasteiger partial charge in [-0.1, -0.05) is 17.7 Å². The van der Waals surface area contributed by atoms with Crippen LogP contribution in [0, 0.1) is 0 Å². The van der Waals surface area contributed by atoms with Crippen LogP contribution >= 0.6 is 22.9 Å². The fourth-order valence-electron chi connectivity index (χ4n) is 2.31. The van der Waals surface area contributed by atoms with Crippen molar-refractivity contribution in [3.05, 3.63) is 83.7 Å². The number of hydrogen-bond donors (Lipinski definition) is 3. The number of nitrogens with one attached hydrogen (secondary N) is 1. The van der Waals surface area contributed by atoms with E-state index in [9.17, 15) is 19.5 Å². The highest BCUT2D eigenvalue weighted by Crippen LogP contribution is 2.18. The number of thiazole rings is 1. The van der Waals surface area contributed by atoms with Crippen LogP contribution in [0.5, 0.6) is 5.75 Å². The van der Waals surface area contributed by atoms with Gasteiger partial charge in [0.25, 0.3) is 5.56 Å². The Hall–Kier alpha value is -3.16. The van der Waals surface area contributed by atoms with Gasteiger partial charge in [0.2, 0.25) is 0 Å². The van der Waals surface area contributed by atoms with Gasteiger partial charge in [0.15, 0.2) is 5.78 Å². The zero-order chi connectivity index (χ0) is 19.6. The van der Waals surface area contributed by atoms with E-state index < -0.39 is 11.5 Å². The largest absolute Gasteiger partial charge is 0.507 e. The van der Waals surface area contributed by atoms with Crippen LogP contribution < -0.4 is 14.8 Å². The molecule has 3 aromatic rings. The number of hydrogen-bond acceptors (Lipinski definition) is 5. The van der Waals surface area contributed by atoms with Crippen molar-refractivity contribution in [2.75, 3.05) is 0 Å². The molecular formula is C19H12ClNO5S. The van der Waals surface area contributed by atoms with E-state index in [0.29, 0.717) is 25.3 Å². The van der Waals surface area contributed by atoms with Crippen LogP contribution in [-0.2, 0) is 0 Å². The van der Waals surface area contributed by atoms with Crippen LogP contribution in [0.4, 0.5) is 0 Å². The molecule has 6 nitrogen and oxygen atoms in total. The third kappa shape index (κ3) is 4.33. The molecule has 0 radical (unpaired) electrons.